The minimum absolute atomic E-state index is 0.116. The largest absolute Gasteiger partial charge is 0.497 e. The average molecular weight is 396 g/mol. The van der Waals surface area contributed by atoms with Crippen LogP contribution in [0.5, 0.6) is 11.5 Å². The van der Waals surface area contributed by atoms with Gasteiger partial charge < -0.3 is 14.6 Å². The lowest BCUT2D eigenvalue weighted by Gasteiger charge is -2.23. The van der Waals surface area contributed by atoms with Gasteiger partial charge in [-0.25, -0.2) is 5.01 Å². The summed E-state index contributed by atoms with van der Waals surface area (Å²) in [5.74, 6) is -0.116. The molecule has 2 aromatic carbocycles. The summed E-state index contributed by atoms with van der Waals surface area (Å²) in [5.41, 5.74) is 3.61. The van der Waals surface area contributed by atoms with Gasteiger partial charge in [-0.2, -0.15) is 5.10 Å². The van der Waals surface area contributed by atoms with Crippen LogP contribution in [0.2, 0.25) is 0 Å². The maximum absolute atomic E-state index is 12.8. The minimum Gasteiger partial charge on any atom is -0.497 e. The molecule has 1 atom stereocenters. The Morgan fingerprint density at radius 1 is 1.14 bits per heavy atom. The van der Waals surface area contributed by atoms with E-state index in [2.05, 4.69) is 5.10 Å². The number of aliphatic carboxylic acids is 1. The first-order valence-corrected chi connectivity index (χ1v) is 9.33. The van der Waals surface area contributed by atoms with E-state index in [0.717, 1.165) is 22.4 Å². The molecular formula is C22H24N2O5. The molecule has 1 amide bonds. The van der Waals surface area contributed by atoms with Crippen LogP contribution in [0.1, 0.15) is 42.0 Å². The van der Waals surface area contributed by atoms with Crippen molar-refractivity contribution in [3.05, 3.63) is 59.2 Å². The van der Waals surface area contributed by atoms with E-state index < -0.39 is 5.97 Å². The van der Waals surface area contributed by atoms with Crippen molar-refractivity contribution in [2.24, 2.45) is 5.10 Å². The summed E-state index contributed by atoms with van der Waals surface area (Å²) in [6.45, 7) is 2.00. The van der Waals surface area contributed by atoms with Crippen LogP contribution in [0.4, 0.5) is 0 Å². The van der Waals surface area contributed by atoms with Crippen molar-refractivity contribution in [2.75, 3.05) is 14.2 Å². The van der Waals surface area contributed by atoms with Gasteiger partial charge in [-0.15, -0.1) is 0 Å². The molecule has 7 nitrogen and oxygen atoms in total. The summed E-state index contributed by atoms with van der Waals surface area (Å²) in [4.78, 5) is 23.7. The second kappa shape index (κ2) is 8.77. The van der Waals surface area contributed by atoms with E-state index in [-0.39, 0.29) is 24.8 Å². The topological polar surface area (TPSA) is 88.4 Å². The summed E-state index contributed by atoms with van der Waals surface area (Å²) in [5, 5.41) is 14.9. The fourth-order valence-electron chi connectivity index (χ4n) is 3.40. The molecule has 7 heteroatoms. The molecule has 0 fully saturated rings. The van der Waals surface area contributed by atoms with E-state index in [1.54, 1.807) is 20.3 Å². The Kier molecular flexibility index (Phi) is 6.16. The van der Waals surface area contributed by atoms with Crippen LogP contribution < -0.4 is 9.47 Å². The van der Waals surface area contributed by atoms with E-state index in [1.165, 1.54) is 5.01 Å². The van der Waals surface area contributed by atoms with Crippen LogP contribution in [-0.4, -0.2) is 41.9 Å². The SMILES string of the molecule is COc1ccc(C2CC(c3cccc(C)c3)=NN2C(=O)CCC(=O)O)c(OC)c1. The summed E-state index contributed by atoms with van der Waals surface area (Å²) in [6, 6.07) is 13.0. The van der Waals surface area contributed by atoms with Gasteiger partial charge in [-0.05, 0) is 24.6 Å². The van der Waals surface area contributed by atoms with Crippen molar-refractivity contribution >= 4 is 17.6 Å². The number of carboxylic acid groups (broad SMARTS) is 1. The van der Waals surface area contributed by atoms with Gasteiger partial charge in [0.1, 0.15) is 11.5 Å². The molecule has 3 rings (SSSR count). The second-order valence-corrected chi connectivity index (χ2v) is 6.88. The number of hydrazone groups is 1. The highest BCUT2D eigenvalue weighted by molar-refractivity contribution is 6.03. The molecule has 0 aliphatic carbocycles. The van der Waals surface area contributed by atoms with Gasteiger partial charge in [-0.3, -0.25) is 9.59 Å². The molecule has 1 heterocycles. The summed E-state index contributed by atoms with van der Waals surface area (Å²) < 4.78 is 10.8. The maximum Gasteiger partial charge on any atom is 0.303 e. The summed E-state index contributed by atoms with van der Waals surface area (Å²) >= 11 is 0. The maximum atomic E-state index is 12.8. The number of rotatable bonds is 7. The number of hydrogen-bond donors (Lipinski definition) is 1. The van der Waals surface area contributed by atoms with Gasteiger partial charge >= 0.3 is 5.97 Å². The summed E-state index contributed by atoms with van der Waals surface area (Å²) in [6.07, 6.45) is 0.150. The van der Waals surface area contributed by atoms with Crippen molar-refractivity contribution < 1.29 is 24.2 Å². The number of hydrogen-bond acceptors (Lipinski definition) is 5. The van der Waals surface area contributed by atoms with Gasteiger partial charge in [0.25, 0.3) is 0 Å². The number of aryl methyl sites for hydroxylation is 1. The van der Waals surface area contributed by atoms with Gasteiger partial charge in [0.2, 0.25) is 5.91 Å². The molecule has 0 radical (unpaired) electrons. The molecule has 1 N–H and O–H groups in total. The third-order valence-electron chi connectivity index (χ3n) is 4.87. The summed E-state index contributed by atoms with van der Waals surface area (Å²) in [7, 11) is 3.14. The van der Waals surface area contributed by atoms with Crippen LogP contribution in [0.15, 0.2) is 47.6 Å². The zero-order valence-corrected chi connectivity index (χ0v) is 16.7. The smallest absolute Gasteiger partial charge is 0.303 e. The molecule has 152 valence electrons. The van der Waals surface area contributed by atoms with Crippen molar-refractivity contribution in [1.82, 2.24) is 5.01 Å². The predicted molar refractivity (Wildman–Crippen MR) is 108 cm³/mol. The molecule has 29 heavy (non-hydrogen) atoms. The molecule has 0 saturated carbocycles. The molecule has 2 aromatic rings. The third-order valence-corrected chi connectivity index (χ3v) is 4.87. The number of amides is 1. The first-order chi connectivity index (χ1) is 13.9. The Labute approximate surface area is 169 Å². The first-order valence-electron chi connectivity index (χ1n) is 9.33. The molecular weight excluding hydrogens is 372 g/mol. The highest BCUT2D eigenvalue weighted by atomic mass is 16.5. The highest BCUT2D eigenvalue weighted by Crippen LogP contribution is 2.39. The molecule has 1 aliphatic heterocycles. The quantitative estimate of drug-likeness (QED) is 0.773. The number of carbonyl (C=O) groups excluding carboxylic acids is 1. The molecule has 1 unspecified atom stereocenters. The van der Waals surface area contributed by atoms with Gasteiger partial charge in [-0.1, -0.05) is 29.8 Å². The predicted octanol–water partition coefficient (Wildman–Crippen LogP) is 3.55. The van der Waals surface area contributed by atoms with Gasteiger partial charge in [0.15, 0.2) is 0 Å². The lowest BCUT2D eigenvalue weighted by molar-refractivity contribution is -0.141. The Hall–Kier alpha value is -3.35. The standard InChI is InChI=1S/C22H24N2O5/c1-14-5-4-6-15(11-14)18-13-19(24(23-18)21(25)9-10-22(26)27)17-8-7-16(28-2)12-20(17)29-3/h4-8,11-12,19H,9-10,13H2,1-3H3,(H,26,27). The monoisotopic (exact) mass is 396 g/mol. The molecule has 1 aliphatic rings. The van der Waals surface area contributed by atoms with E-state index in [4.69, 9.17) is 14.6 Å². The van der Waals surface area contributed by atoms with Crippen LogP contribution in [0.3, 0.4) is 0 Å². The van der Waals surface area contributed by atoms with Crippen molar-refractivity contribution in [2.45, 2.75) is 32.2 Å². The molecule has 0 aromatic heterocycles. The normalized spacial score (nSPS) is 15.8. The van der Waals surface area contributed by atoms with Crippen LogP contribution in [-0.2, 0) is 9.59 Å². The average Bonchev–Trinajstić information content (AvgIpc) is 3.16. The number of benzene rings is 2. The third kappa shape index (κ3) is 4.56. The number of carboxylic acids is 1. The highest BCUT2D eigenvalue weighted by Gasteiger charge is 2.35. The van der Waals surface area contributed by atoms with Crippen molar-refractivity contribution in [3.8, 4) is 11.5 Å². The number of methoxy groups -OCH3 is 2. The lowest BCUT2D eigenvalue weighted by atomic mass is 9.96. The first kappa shape index (κ1) is 20.4. The Morgan fingerprint density at radius 2 is 1.93 bits per heavy atom. The minimum atomic E-state index is -1.01. The van der Waals surface area contributed by atoms with Crippen molar-refractivity contribution in [1.29, 1.82) is 0 Å². The van der Waals surface area contributed by atoms with E-state index in [0.29, 0.717) is 17.9 Å². The van der Waals surface area contributed by atoms with Crippen molar-refractivity contribution in [3.63, 3.8) is 0 Å². The zero-order valence-electron chi connectivity index (χ0n) is 16.7. The molecule has 0 bridgehead atoms. The molecule has 0 spiro atoms. The number of ether oxygens (including phenoxy) is 2. The Morgan fingerprint density at radius 3 is 2.59 bits per heavy atom. The van der Waals surface area contributed by atoms with Gasteiger partial charge in [0.05, 0.1) is 32.4 Å². The van der Waals surface area contributed by atoms with E-state index in [1.807, 2.05) is 43.3 Å². The Balaban J connectivity index is 1.98. The fraction of sp³-hybridized carbons (Fsp3) is 0.318. The van der Waals surface area contributed by atoms with Crippen LogP contribution >= 0.6 is 0 Å². The number of nitrogens with zero attached hydrogens (tertiary/aromatic N) is 2. The van der Waals surface area contributed by atoms with E-state index in [9.17, 15) is 9.59 Å². The number of carbonyl (C=O) groups is 2. The van der Waals surface area contributed by atoms with Crippen LogP contribution in [0, 0.1) is 6.92 Å². The lowest BCUT2D eigenvalue weighted by Crippen LogP contribution is -2.27. The van der Waals surface area contributed by atoms with E-state index >= 15 is 0 Å². The second-order valence-electron chi connectivity index (χ2n) is 6.88. The molecule has 0 saturated heterocycles. The zero-order chi connectivity index (χ0) is 21.0. The van der Waals surface area contributed by atoms with Crippen LogP contribution in [0.25, 0.3) is 0 Å². The fourth-order valence-corrected chi connectivity index (χ4v) is 3.40. The van der Waals surface area contributed by atoms with Gasteiger partial charge in [0, 0.05) is 24.5 Å². The Bertz CT molecular complexity index is 954.